The summed E-state index contributed by atoms with van der Waals surface area (Å²) in [6.07, 6.45) is 3.80. The molecule has 1 aromatic heterocycles. The highest BCUT2D eigenvalue weighted by Crippen LogP contribution is 2.31. The number of amides is 1. The van der Waals surface area contributed by atoms with E-state index in [1.54, 1.807) is 18.3 Å². The Morgan fingerprint density at radius 3 is 2.75 bits per heavy atom. The number of ether oxygens (including phenoxy) is 1. The Kier molecular flexibility index (Phi) is 3.75. The molecular weight excluding hydrogens is 304 g/mol. The summed E-state index contributed by atoms with van der Waals surface area (Å²) in [5.74, 6) is 1.43. The number of fused-ring (bicyclic) bond motifs is 1. The predicted octanol–water partition coefficient (Wildman–Crippen LogP) is 3.60. The van der Waals surface area contributed by atoms with Crippen LogP contribution in [0, 0.1) is 0 Å². The third-order valence-electron chi connectivity index (χ3n) is 4.13. The topological polar surface area (TPSA) is 64.4 Å². The number of para-hydroxylation sites is 1. The van der Waals surface area contributed by atoms with Crippen LogP contribution in [0.25, 0.3) is 11.3 Å². The molecule has 1 aliphatic rings. The number of rotatable bonds is 3. The lowest BCUT2D eigenvalue weighted by Crippen LogP contribution is -2.32. The molecule has 2 aromatic carbocycles. The zero-order valence-electron chi connectivity index (χ0n) is 12.9. The highest BCUT2D eigenvalue weighted by Gasteiger charge is 2.23. The van der Waals surface area contributed by atoms with E-state index < -0.39 is 0 Å². The Bertz CT molecular complexity index is 841. The van der Waals surface area contributed by atoms with E-state index in [9.17, 15) is 4.79 Å². The number of aromatic nitrogens is 1. The minimum atomic E-state index is -0.0965. The fourth-order valence-corrected chi connectivity index (χ4v) is 2.88. The van der Waals surface area contributed by atoms with Crippen molar-refractivity contribution in [2.24, 2.45) is 0 Å². The van der Waals surface area contributed by atoms with Gasteiger partial charge in [-0.15, -0.1) is 0 Å². The van der Waals surface area contributed by atoms with Crippen LogP contribution in [0.2, 0.25) is 0 Å². The van der Waals surface area contributed by atoms with E-state index in [1.807, 2.05) is 36.4 Å². The molecule has 4 rings (SSSR count). The molecule has 120 valence electrons. The van der Waals surface area contributed by atoms with Gasteiger partial charge in [0.1, 0.15) is 5.75 Å². The lowest BCUT2D eigenvalue weighted by molar-refractivity contribution is 0.0925. The Hall–Kier alpha value is -3.08. The molecule has 5 heteroatoms. The van der Waals surface area contributed by atoms with Crippen LogP contribution >= 0.6 is 0 Å². The molecule has 0 bridgehead atoms. The van der Waals surface area contributed by atoms with Crippen LogP contribution in [-0.2, 0) is 0 Å². The zero-order chi connectivity index (χ0) is 16.4. The average Bonchev–Trinajstić information content (AvgIpc) is 3.17. The van der Waals surface area contributed by atoms with Crippen molar-refractivity contribution in [1.29, 1.82) is 0 Å². The van der Waals surface area contributed by atoms with E-state index in [-0.39, 0.29) is 11.9 Å². The van der Waals surface area contributed by atoms with Crippen molar-refractivity contribution in [3.05, 3.63) is 72.2 Å². The van der Waals surface area contributed by atoms with Crippen LogP contribution in [0.15, 0.2) is 65.5 Å². The van der Waals surface area contributed by atoms with Crippen LogP contribution in [0.5, 0.6) is 5.75 Å². The van der Waals surface area contributed by atoms with E-state index in [4.69, 9.17) is 9.15 Å². The van der Waals surface area contributed by atoms with Crippen LogP contribution in [0.4, 0.5) is 0 Å². The summed E-state index contributed by atoms with van der Waals surface area (Å²) in [6, 6.07) is 15.1. The van der Waals surface area contributed by atoms with Gasteiger partial charge in [0.25, 0.3) is 5.91 Å². The van der Waals surface area contributed by atoms with Crippen molar-refractivity contribution in [3.63, 3.8) is 0 Å². The van der Waals surface area contributed by atoms with Crippen molar-refractivity contribution in [1.82, 2.24) is 10.3 Å². The maximum absolute atomic E-state index is 12.5. The first kappa shape index (κ1) is 14.5. The van der Waals surface area contributed by atoms with Crippen molar-refractivity contribution in [2.45, 2.75) is 12.5 Å². The number of hydrogen-bond donors (Lipinski definition) is 1. The van der Waals surface area contributed by atoms with Crippen molar-refractivity contribution in [3.8, 4) is 17.1 Å². The Morgan fingerprint density at radius 1 is 1.12 bits per heavy atom. The molecule has 24 heavy (non-hydrogen) atoms. The number of benzene rings is 2. The first-order valence-corrected chi connectivity index (χ1v) is 7.83. The molecule has 0 saturated carbocycles. The second-order valence-corrected chi connectivity index (χ2v) is 5.64. The Morgan fingerprint density at radius 2 is 1.96 bits per heavy atom. The van der Waals surface area contributed by atoms with Crippen LogP contribution < -0.4 is 10.1 Å². The van der Waals surface area contributed by atoms with Gasteiger partial charge in [-0.25, -0.2) is 4.98 Å². The van der Waals surface area contributed by atoms with Gasteiger partial charge in [0, 0.05) is 23.1 Å². The molecule has 2 heterocycles. The van der Waals surface area contributed by atoms with Gasteiger partial charge in [-0.3, -0.25) is 4.79 Å². The summed E-state index contributed by atoms with van der Waals surface area (Å²) >= 11 is 0. The minimum Gasteiger partial charge on any atom is -0.493 e. The molecule has 1 N–H and O–H groups in total. The number of hydrogen-bond acceptors (Lipinski definition) is 4. The highest BCUT2D eigenvalue weighted by atomic mass is 16.5. The zero-order valence-corrected chi connectivity index (χ0v) is 12.9. The average molecular weight is 320 g/mol. The number of nitrogens with one attached hydrogen (secondary N) is 1. The summed E-state index contributed by atoms with van der Waals surface area (Å²) < 4.78 is 10.9. The molecule has 0 saturated heterocycles. The maximum Gasteiger partial charge on any atom is 0.251 e. The second kappa shape index (κ2) is 6.20. The number of carbonyl (C=O) groups excluding carboxylic acids is 1. The van der Waals surface area contributed by atoms with Crippen molar-refractivity contribution < 1.29 is 13.9 Å². The molecule has 0 aliphatic carbocycles. The van der Waals surface area contributed by atoms with Gasteiger partial charge in [0.15, 0.2) is 12.2 Å². The van der Waals surface area contributed by atoms with E-state index in [0.717, 1.165) is 23.3 Å². The van der Waals surface area contributed by atoms with Crippen LogP contribution in [0.3, 0.4) is 0 Å². The standard InChI is InChI=1S/C19H16N2O3/c22-19(14-7-5-13(6-8-14)18-11-20-12-24-18)21-16-9-10-23-17-4-2-1-3-15(16)17/h1-8,11-12,16H,9-10H2,(H,21,22). The van der Waals surface area contributed by atoms with Gasteiger partial charge in [0.2, 0.25) is 0 Å². The minimum absolute atomic E-state index is 0.0311. The monoisotopic (exact) mass is 320 g/mol. The first-order chi connectivity index (χ1) is 11.8. The molecule has 3 aromatic rings. The van der Waals surface area contributed by atoms with Gasteiger partial charge < -0.3 is 14.5 Å². The predicted molar refractivity (Wildman–Crippen MR) is 88.7 cm³/mol. The van der Waals surface area contributed by atoms with E-state index >= 15 is 0 Å². The third-order valence-corrected chi connectivity index (χ3v) is 4.13. The molecule has 0 fully saturated rings. The van der Waals surface area contributed by atoms with E-state index in [1.165, 1.54) is 6.39 Å². The van der Waals surface area contributed by atoms with E-state index in [0.29, 0.717) is 17.9 Å². The molecule has 5 nitrogen and oxygen atoms in total. The third kappa shape index (κ3) is 2.76. The Labute approximate surface area is 139 Å². The smallest absolute Gasteiger partial charge is 0.251 e. The largest absolute Gasteiger partial charge is 0.493 e. The molecular formula is C19H16N2O3. The van der Waals surface area contributed by atoms with Gasteiger partial charge >= 0.3 is 0 Å². The maximum atomic E-state index is 12.5. The SMILES string of the molecule is O=C(NC1CCOc2ccccc21)c1ccc(-c2cnco2)cc1. The number of carbonyl (C=O) groups is 1. The summed E-state index contributed by atoms with van der Waals surface area (Å²) in [7, 11) is 0. The molecule has 1 amide bonds. The molecule has 1 aliphatic heterocycles. The molecule has 1 atom stereocenters. The molecule has 0 spiro atoms. The second-order valence-electron chi connectivity index (χ2n) is 5.64. The number of oxazole rings is 1. The molecule has 0 radical (unpaired) electrons. The lowest BCUT2D eigenvalue weighted by Gasteiger charge is -2.26. The Balaban J connectivity index is 1.51. The summed E-state index contributed by atoms with van der Waals surface area (Å²) in [5, 5.41) is 3.09. The summed E-state index contributed by atoms with van der Waals surface area (Å²) in [4.78, 5) is 16.4. The van der Waals surface area contributed by atoms with Crippen LogP contribution in [0.1, 0.15) is 28.4 Å². The lowest BCUT2D eigenvalue weighted by atomic mass is 10.00. The van der Waals surface area contributed by atoms with E-state index in [2.05, 4.69) is 10.3 Å². The summed E-state index contributed by atoms with van der Waals surface area (Å²) in [5.41, 5.74) is 2.53. The van der Waals surface area contributed by atoms with Crippen molar-refractivity contribution >= 4 is 5.91 Å². The molecule has 1 unspecified atom stereocenters. The van der Waals surface area contributed by atoms with Gasteiger partial charge in [-0.05, 0) is 18.2 Å². The first-order valence-electron chi connectivity index (χ1n) is 7.83. The fraction of sp³-hybridized carbons (Fsp3) is 0.158. The number of nitrogens with zero attached hydrogens (tertiary/aromatic N) is 1. The quantitative estimate of drug-likeness (QED) is 0.801. The van der Waals surface area contributed by atoms with Crippen LogP contribution in [-0.4, -0.2) is 17.5 Å². The van der Waals surface area contributed by atoms with Gasteiger partial charge in [0.05, 0.1) is 18.8 Å². The van der Waals surface area contributed by atoms with Gasteiger partial charge in [-0.2, -0.15) is 0 Å². The van der Waals surface area contributed by atoms with Crippen molar-refractivity contribution in [2.75, 3.05) is 6.61 Å². The fourth-order valence-electron chi connectivity index (χ4n) is 2.88. The normalized spacial score (nSPS) is 16.1. The summed E-state index contributed by atoms with van der Waals surface area (Å²) in [6.45, 7) is 0.604. The van der Waals surface area contributed by atoms with Gasteiger partial charge in [-0.1, -0.05) is 30.3 Å². The highest BCUT2D eigenvalue weighted by molar-refractivity contribution is 5.95.